The summed E-state index contributed by atoms with van der Waals surface area (Å²) in [5, 5.41) is 13.8. The Bertz CT molecular complexity index is 533. The number of carbonyl (C=O) groups is 1. The summed E-state index contributed by atoms with van der Waals surface area (Å²) >= 11 is 3.34. The minimum Gasteiger partial charge on any atom is -0.480 e. The van der Waals surface area contributed by atoms with Crippen molar-refractivity contribution in [3.8, 4) is 0 Å². The fourth-order valence-corrected chi connectivity index (χ4v) is 1.98. The molecule has 2 aromatic rings. The maximum atomic E-state index is 10.6. The molecule has 0 unspecified atom stereocenters. The van der Waals surface area contributed by atoms with Crippen LogP contribution in [0, 0.1) is 6.92 Å². The first-order chi connectivity index (χ1) is 7.08. The third-order valence-electron chi connectivity index (χ3n) is 2.12. The van der Waals surface area contributed by atoms with Crippen LogP contribution in [-0.2, 0) is 11.3 Å². The van der Waals surface area contributed by atoms with Crippen molar-refractivity contribution in [2.75, 3.05) is 0 Å². The lowest BCUT2D eigenvalue weighted by Gasteiger charge is -1.96. The van der Waals surface area contributed by atoms with Crippen molar-refractivity contribution in [3.63, 3.8) is 0 Å². The second-order valence-electron chi connectivity index (χ2n) is 3.36. The molecule has 1 heterocycles. The third-order valence-corrected chi connectivity index (χ3v) is 2.95. The number of hydrogen-bond acceptors (Lipinski definition) is 2. The fraction of sp³-hybridized carbons (Fsp3) is 0.200. The summed E-state index contributed by atoms with van der Waals surface area (Å²) in [5.41, 5.74) is 1.91. The Labute approximate surface area is 94.6 Å². The van der Waals surface area contributed by atoms with E-state index in [0.29, 0.717) is 4.60 Å². The van der Waals surface area contributed by atoms with Gasteiger partial charge >= 0.3 is 5.97 Å². The van der Waals surface area contributed by atoms with Gasteiger partial charge in [0.25, 0.3) is 0 Å². The van der Waals surface area contributed by atoms with E-state index in [1.54, 1.807) is 0 Å². The maximum absolute atomic E-state index is 10.6. The monoisotopic (exact) mass is 268 g/mol. The average molecular weight is 269 g/mol. The molecule has 0 bridgehead atoms. The van der Waals surface area contributed by atoms with Crippen LogP contribution in [0.2, 0.25) is 0 Å². The van der Waals surface area contributed by atoms with Crippen LogP contribution in [0.4, 0.5) is 0 Å². The van der Waals surface area contributed by atoms with Gasteiger partial charge in [-0.1, -0.05) is 6.07 Å². The summed E-state index contributed by atoms with van der Waals surface area (Å²) in [5.74, 6) is -0.903. The van der Waals surface area contributed by atoms with Crippen LogP contribution in [0.1, 0.15) is 5.56 Å². The summed E-state index contributed by atoms with van der Waals surface area (Å²) in [6, 6.07) is 5.83. The van der Waals surface area contributed by atoms with E-state index in [0.717, 1.165) is 16.5 Å². The Morgan fingerprint density at radius 3 is 3.00 bits per heavy atom. The van der Waals surface area contributed by atoms with Crippen molar-refractivity contribution in [1.29, 1.82) is 0 Å². The van der Waals surface area contributed by atoms with Crippen molar-refractivity contribution in [2.24, 2.45) is 0 Å². The van der Waals surface area contributed by atoms with E-state index >= 15 is 0 Å². The highest BCUT2D eigenvalue weighted by Crippen LogP contribution is 2.24. The molecule has 2 rings (SSSR count). The summed E-state index contributed by atoms with van der Waals surface area (Å²) in [7, 11) is 0. The van der Waals surface area contributed by atoms with Crippen molar-refractivity contribution < 1.29 is 9.90 Å². The number of aryl methyl sites for hydroxylation is 1. The Hall–Kier alpha value is -1.36. The molecule has 0 saturated heterocycles. The smallest absolute Gasteiger partial charge is 0.325 e. The highest BCUT2D eigenvalue weighted by Gasteiger charge is 2.10. The zero-order chi connectivity index (χ0) is 11.0. The molecule has 78 valence electrons. The number of hydrogen-bond donors (Lipinski definition) is 1. The SMILES string of the molecule is Cc1ccc2c(Br)n(CC(=O)O)nc2c1. The minimum absolute atomic E-state index is 0.131. The summed E-state index contributed by atoms with van der Waals surface area (Å²) in [4.78, 5) is 10.6. The molecule has 0 spiro atoms. The summed E-state index contributed by atoms with van der Waals surface area (Å²) < 4.78 is 2.15. The number of rotatable bonds is 2. The highest BCUT2D eigenvalue weighted by molar-refractivity contribution is 9.10. The van der Waals surface area contributed by atoms with Gasteiger partial charge in [0.1, 0.15) is 11.1 Å². The Kier molecular flexibility index (Phi) is 2.48. The van der Waals surface area contributed by atoms with E-state index in [-0.39, 0.29) is 6.54 Å². The molecule has 0 aliphatic heterocycles. The quantitative estimate of drug-likeness (QED) is 0.909. The maximum Gasteiger partial charge on any atom is 0.325 e. The summed E-state index contributed by atoms with van der Waals surface area (Å²) in [6.07, 6.45) is 0. The van der Waals surface area contributed by atoms with Crippen molar-refractivity contribution in [1.82, 2.24) is 9.78 Å². The minimum atomic E-state index is -0.903. The first-order valence-corrected chi connectivity index (χ1v) is 5.21. The molecule has 1 aromatic carbocycles. The predicted molar refractivity (Wildman–Crippen MR) is 59.8 cm³/mol. The molecule has 4 nitrogen and oxygen atoms in total. The number of nitrogens with zero attached hydrogens (tertiary/aromatic N) is 2. The van der Waals surface area contributed by atoms with Gasteiger partial charge in [-0.3, -0.25) is 4.79 Å². The third kappa shape index (κ3) is 1.87. The lowest BCUT2D eigenvalue weighted by molar-refractivity contribution is -0.137. The molecule has 0 radical (unpaired) electrons. The molecule has 15 heavy (non-hydrogen) atoms. The van der Waals surface area contributed by atoms with E-state index in [1.165, 1.54) is 4.68 Å². The van der Waals surface area contributed by atoms with Gasteiger partial charge in [-0.05, 0) is 40.5 Å². The second kappa shape index (κ2) is 3.66. The molecule has 1 N–H and O–H groups in total. The Morgan fingerprint density at radius 2 is 2.33 bits per heavy atom. The van der Waals surface area contributed by atoms with E-state index in [9.17, 15) is 4.79 Å². The van der Waals surface area contributed by atoms with E-state index in [4.69, 9.17) is 5.11 Å². The van der Waals surface area contributed by atoms with E-state index in [1.807, 2.05) is 25.1 Å². The normalized spacial score (nSPS) is 10.8. The zero-order valence-corrected chi connectivity index (χ0v) is 9.65. The standard InChI is InChI=1S/C10H9BrN2O2/c1-6-2-3-7-8(4-6)12-13(10(7)11)5-9(14)15/h2-4H,5H2,1H3,(H,14,15). The number of aromatic nitrogens is 2. The van der Waals surface area contributed by atoms with Crippen molar-refractivity contribution in [2.45, 2.75) is 13.5 Å². The number of fused-ring (bicyclic) bond motifs is 1. The van der Waals surface area contributed by atoms with Crippen LogP contribution in [-0.4, -0.2) is 20.9 Å². The van der Waals surface area contributed by atoms with Crippen molar-refractivity contribution >= 4 is 32.8 Å². The van der Waals surface area contributed by atoms with Crippen LogP contribution in [0.5, 0.6) is 0 Å². The molecular formula is C10H9BrN2O2. The number of carboxylic acids is 1. The van der Waals surface area contributed by atoms with Gasteiger partial charge in [-0.2, -0.15) is 5.10 Å². The first-order valence-electron chi connectivity index (χ1n) is 4.42. The van der Waals surface area contributed by atoms with Crippen LogP contribution in [0.15, 0.2) is 22.8 Å². The van der Waals surface area contributed by atoms with Crippen LogP contribution in [0.3, 0.4) is 0 Å². The fourth-order valence-electron chi connectivity index (χ4n) is 1.44. The number of benzene rings is 1. The Morgan fingerprint density at radius 1 is 1.60 bits per heavy atom. The average Bonchev–Trinajstić information content (AvgIpc) is 2.42. The van der Waals surface area contributed by atoms with Gasteiger partial charge in [0, 0.05) is 5.39 Å². The van der Waals surface area contributed by atoms with E-state index < -0.39 is 5.97 Å². The van der Waals surface area contributed by atoms with Crippen LogP contribution < -0.4 is 0 Å². The molecule has 0 atom stereocenters. The first kappa shape index (κ1) is 10.2. The molecule has 0 aliphatic carbocycles. The highest BCUT2D eigenvalue weighted by atomic mass is 79.9. The van der Waals surface area contributed by atoms with E-state index in [2.05, 4.69) is 21.0 Å². The van der Waals surface area contributed by atoms with Crippen molar-refractivity contribution in [3.05, 3.63) is 28.4 Å². The largest absolute Gasteiger partial charge is 0.480 e. The predicted octanol–water partition coefficient (Wildman–Crippen LogP) is 2.19. The molecular weight excluding hydrogens is 260 g/mol. The van der Waals surface area contributed by atoms with Gasteiger partial charge in [-0.25, -0.2) is 4.68 Å². The number of aliphatic carboxylic acids is 1. The second-order valence-corrected chi connectivity index (χ2v) is 4.11. The van der Waals surface area contributed by atoms with Gasteiger partial charge in [0.2, 0.25) is 0 Å². The molecule has 0 saturated carbocycles. The van der Waals surface area contributed by atoms with Gasteiger partial charge in [-0.15, -0.1) is 0 Å². The molecule has 5 heteroatoms. The van der Waals surface area contributed by atoms with Crippen LogP contribution >= 0.6 is 15.9 Å². The zero-order valence-electron chi connectivity index (χ0n) is 8.07. The Balaban J connectivity index is 2.58. The van der Waals surface area contributed by atoms with Gasteiger partial charge in [0.05, 0.1) is 5.52 Å². The topological polar surface area (TPSA) is 55.1 Å². The molecule has 0 fully saturated rings. The number of halogens is 1. The lowest BCUT2D eigenvalue weighted by Crippen LogP contribution is -2.09. The molecule has 0 aliphatic rings. The summed E-state index contributed by atoms with van der Waals surface area (Å²) in [6.45, 7) is 1.85. The molecule has 1 aromatic heterocycles. The van der Waals surface area contributed by atoms with Gasteiger partial charge in [0.15, 0.2) is 0 Å². The lowest BCUT2D eigenvalue weighted by atomic mass is 10.2. The van der Waals surface area contributed by atoms with Crippen LogP contribution in [0.25, 0.3) is 10.9 Å². The van der Waals surface area contributed by atoms with Gasteiger partial charge < -0.3 is 5.11 Å². The molecule has 0 amide bonds. The number of carboxylic acid groups (broad SMARTS) is 1.